The molecule has 4 heterocycles. The Bertz CT molecular complexity index is 1240. The highest BCUT2D eigenvalue weighted by Crippen LogP contribution is 2.75. The van der Waals surface area contributed by atoms with Gasteiger partial charge in [-0.25, -0.2) is 9.37 Å². The highest BCUT2D eigenvalue weighted by Gasteiger charge is 2.71. The van der Waals surface area contributed by atoms with E-state index in [1.807, 2.05) is 16.9 Å². The van der Waals surface area contributed by atoms with E-state index in [9.17, 15) is 9.50 Å². The van der Waals surface area contributed by atoms with Crippen LogP contribution in [0.25, 0.3) is 11.0 Å². The molecule has 3 aromatic rings. The van der Waals surface area contributed by atoms with Gasteiger partial charge in [-0.05, 0) is 48.4 Å². The van der Waals surface area contributed by atoms with Crippen molar-refractivity contribution in [3.05, 3.63) is 53.9 Å². The second-order valence-electron chi connectivity index (χ2n) is 9.17. The predicted molar refractivity (Wildman–Crippen MR) is 109 cm³/mol. The van der Waals surface area contributed by atoms with Crippen molar-refractivity contribution in [3.8, 4) is 6.07 Å². The van der Waals surface area contributed by atoms with E-state index in [-0.39, 0.29) is 22.7 Å². The molecule has 4 aliphatic rings. The van der Waals surface area contributed by atoms with Crippen molar-refractivity contribution in [3.63, 3.8) is 0 Å². The first-order valence-corrected chi connectivity index (χ1v) is 10.3. The molecule has 1 N–H and O–H groups in total. The summed E-state index contributed by atoms with van der Waals surface area (Å²) in [6.45, 7) is 0.764. The SMILES string of the molecule is N#Cc1ccc2nn(CC34CC(C(O)N5N=CCC5c5cncc(F)c5)(C3)C4)cc2n1. The molecule has 2 unspecified atom stereocenters. The summed E-state index contributed by atoms with van der Waals surface area (Å²) in [6.07, 6.45) is 9.09. The number of pyridine rings is 2. The largest absolute Gasteiger partial charge is 0.371 e. The van der Waals surface area contributed by atoms with Crippen LogP contribution in [0.15, 0.2) is 41.9 Å². The topological polar surface area (TPSA) is 103 Å². The van der Waals surface area contributed by atoms with Crippen LogP contribution < -0.4 is 0 Å². The molecule has 9 heteroatoms. The average Bonchev–Trinajstić information content (AvgIpc) is 3.35. The van der Waals surface area contributed by atoms with Crippen LogP contribution in [0.4, 0.5) is 4.39 Å². The molecular formula is C22H20FN7O. The molecule has 3 aromatic heterocycles. The molecule has 3 fully saturated rings. The van der Waals surface area contributed by atoms with Gasteiger partial charge in [-0.2, -0.15) is 15.5 Å². The van der Waals surface area contributed by atoms with E-state index >= 15 is 0 Å². The van der Waals surface area contributed by atoms with Crippen molar-refractivity contribution in [1.29, 1.82) is 5.26 Å². The number of nitrogens with zero attached hydrogens (tertiary/aromatic N) is 7. The molecule has 8 nitrogen and oxygen atoms in total. The molecule has 0 radical (unpaired) electrons. The number of nitriles is 1. The summed E-state index contributed by atoms with van der Waals surface area (Å²) in [4.78, 5) is 8.24. The molecule has 2 atom stereocenters. The number of fused-ring (bicyclic) bond motifs is 1. The lowest BCUT2D eigenvalue weighted by molar-refractivity contribution is -0.297. The molecule has 2 bridgehead atoms. The maximum absolute atomic E-state index is 13.6. The van der Waals surface area contributed by atoms with Crippen molar-refractivity contribution >= 4 is 17.2 Å². The summed E-state index contributed by atoms with van der Waals surface area (Å²) in [6, 6.07) is 6.81. The van der Waals surface area contributed by atoms with Crippen LogP contribution in [0.2, 0.25) is 0 Å². The van der Waals surface area contributed by atoms with Crippen LogP contribution in [-0.2, 0) is 6.54 Å². The van der Waals surface area contributed by atoms with Crippen molar-refractivity contribution in [2.45, 2.75) is 44.5 Å². The standard InChI is InChI=1S/C22H20FN7O/c23-15-5-14(7-25-8-15)19-3-4-26-30(19)20(31)22-10-21(11-22,12-22)13-29-9-18-17(28-29)2-1-16(6-24)27-18/h1-2,4-5,7-9,19-20,31H,3,10-13H2. The van der Waals surface area contributed by atoms with Gasteiger partial charge < -0.3 is 5.11 Å². The predicted octanol–water partition coefficient (Wildman–Crippen LogP) is 2.76. The minimum Gasteiger partial charge on any atom is -0.371 e. The first kappa shape index (κ1) is 18.4. The maximum Gasteiger partial charge on any atom is 0.148 e. The number of aromatic nitrogens is 4. The second-order valence-corrected chi connectivity index (χ2v) is 9.17. The third kappa shape index (κ3) is 2.75. The highest BCUT2D eigenvalue weighted by atomic mass is 19.1. The number of hydrogen-bond donors (Lipinski definition) is 1. The zero-order chi connectivity index (χ0) is 21.2. The van der Waals surface area contributed by atoms with Crippen LogP contribution in [0, 0.1) is 28.0 Å². The number of hydrogen-bond acceptors (Lipinski definition) is 7. The maximum atomic E-state index is 13.6. The number of rotatable bonds is 5. The summed E-state index contributed by atoms with van der Waals surface area (Å²) < 4.78 is 15.5. The second kappa shape index (κ2) is 6.31. The summed E-state index contributed by atoms with van der Waals surface area (Å²) >= 11 is 0. The average molecular weight is 417 g/mol. The van der Waals surface area contributed by atoms with Crippen LogP contribution in [0.1, 0.15) is 43.0 Å². The summed E-state index contributed by atoms with van der Waals surface area (Å²) in [5, 5.41) is 30.9. The minimum atomic E-state index is -0.710. The van der Waals surface area contributed by atoms with Gasteiger partial charge in [0.2, 0.25) is 0 Å². The molecule has 0 amide bonds. The molecule has 0 saturated heterocycles. The van der Waals surface area contributed by atoms with Gasteiger partial charge in [0.25, 0.3) is 0 Å². The van der Waals surface area contributed by atoms with Crippen LogP contribution in [0.3, 0.4) is 0 Å². The van der Waals surface area contributed by atoms with Gasteiger partial charge in [-0.1, -0.05) is 0 Å². The van der Waals surface area contributed by atoms with E-state index < -0.39 is 6.23 Å². The van der Waals surface area contributed by atoms with Gasteiger partial charge in [-0.15, -0.1) is 0 Å². The Kier molecular flexibility index (Phi) is 3.74. The Hall–Kier alpha value is -3.38. The van der Waals surface area contributed by atoms with Crippen molar-refractivity contribution in [1.82, 2.24) is 24.8 Å². The number of hydrazone groups is 1. The molecule has 31 heavy (non-hydrogen) atoms. The summed E-state index contributed by atoms with van der Waals surface area (Å²) in [5.41, 5.74) is 2.55. The van der Waals surface area contributed by atoms with Gasteiger partial charge in [0.15, 0.2) is 0 Å². The molecular weight excluding hydrogens is 397 g/mol. The molecule has 156 valence electrons. The molecule has 0 spiro atoms. The lowest BCUT2D eigenvalue weighted by Gasteiger charge is -2.72. The first-order chi connectivity index (χ1) is 15.0. The van der Waals surface area contributed by atoms with Crippen LogP contribution in [-0.4, -0.2) is 42.3 Å². The Balaban J connectivity index is 1.15. The molecule has 1 aliphatic heterocycles. The quantitative estimate of drug-likeness (QED) is 0.685. The molecule has 0 aromatic carbocycles. The number of halogens is 1. The van der Waals surface area contributed by atoms with Gasteiger partial charge in [0.05, 0.1) is 18.4 Å². The Labute approximate surface area is 177 Å². The normalized spacial score (nSPS) is 29.5. The highest BCUT2D eigenvalue weighted by molar-refractivity contribution is 5.73. The minimum absolute atomic E-state index is 0.125. The summed E-state index contributed by atoms with van der Waals surface area (Å²) in [5.74, 6) is -0.383. The molecule has 3 saturated carbocycles. The monoisotopic (exact) mass is 417 g/mol. The van der Waals surface area contributed by atoms with Crippen LogP contribution >= 0.6 is 0 Å². The van der Waals surface area contributed by atoms with E-state index in [4.69, 9.17) is 5.26 Å². The summed E-state index contributed by atoms with van der Waals surface area (Å²) in [7, 11) is 0. The van der Waals surface area contributed by atoms with Gasteiger partial charge in [-0.3, -0.25) is 14.7 Å². The van der Waals surface area contributed by atoms with E-state index in [1.54, 1.807) is 23.5 Å². The third-order valence-electron chi connectivity index (χ3n) is 6.98. The fourth-order valence-electron chi connectivity index (χ4n) is 5.81. The first-order valence-electron chi connectivity index (χ1n) is 10.3. The lowest BCUT2D eigenvalue weighted by Crippen LogP contribution is -2.70. The zero-order valence-electron chi connectivity index (χ0n) is 16.7. The van der Waals surface area contributed by atoms with E-state index in [2.05, 4.69) is 26.2 Å². The van der Waals surface area contributed by atoms with E-state index in [0.29, 0.717) is 12.1 Å². The van der Waals surface area contributed by atoms with Crippen molar-refractivity contribution in [2.75, 3.05) is 0 Å². The molecule has 7 rings (SSSR count). The third-order valence-corrected chi connectivity index (χ3v) is 6.98. The van der Waals surface area contributed by atoms with Gasteiger partial charge >= 0.3 is 0 Å². The van der Waals surface area contributed by atoms with Gasteiger partial charge in [0.1, 0.15) is 34.8 Å². The Morgan fingerprint density at radius 1 is 1.26 bits per heavy atom. The van der Waals surface area contributed by atoms with Crippen molar-refractivity contribution < 1.29 is 9.50 Å². The van der Waals surface area contributed by atoms with E-state index in [1.165, 1.54) is 12.3 Å². The smallest absolute Gasteiger partial charge is 0.148 e. The fraction of sp³-hybridized carbons (Fsp3) is 0.409. The lowest BCUT2D eigenvalue weighted by atomic mass is 9.34. The number of aliphatic hydroxyl groups is 1. The molecule has 3 aliphatic carbocycles. The zero-order valence-corrected chi connectivity index (χ0v) is 16.7. The van der Waals surface area contributed by atoms with E-state index in [0.717, 1.165) is 42.4 Å². The van der Waals surface area contributed by atoms with Crippen molar-refractivity contribution in [2.24, 2.45) is 15.9 Å². The Morgan fingerprint density at radius 3 is 2.87 bits per heavy atom. The van der Waals surface area contributed by atoms with Gasteiger partial charge in [0, 0.05) is 30.8 Å². The fourth-order valence-corrected chi connectivity index (χ4v) is 5.81. The Morgan fingerprint density at radius 2 is 2.10 bits per heavy atom. The van der Waals surface area contributed by atoms with Crippen LogP contribution in [0.5, 0.6) is 0 Å². The number of aliphatic hydroxyl groups excluding tert-OH is 1.